The molecule has 0 bridgehead atoms. The Hall–Kier alpha value is -3.68. The van der Waals surface area contributed by atoms with Crippen molar-refractivity contribution in [1.82, 2.24) is 0 Å². The molecule has 0 aliphatic carbocycles. The molecule has 2 N–H and O–H groups in total. The number of hydrogen-bond acceptors (Lipinski definition) is 6. The van der Waals surface area contributed by atoms with Crippen molar-refractivity contribution in [3.05, 3.63) is 59.7 Å². The largest absolute Gasteiger partial charge is 0.478 e. The Morgan fingerprint density at radius 2 is 0.885 bits per heavy atom. The fourth-order valence-corrected chi connectivity index (χ4v) is 1.66. The van der Waals surface area contributed by atoms with Crippen LogP contribution in [0.25, 0.3) is 0 Å². The molecule has 0 heterocycles. The van der Waals surface area contributed by atoms with Gasteiger partial charge in [-0.1, -0.05) is 0 Å². The molecule has 0 aromatic heterocycles. The van der Waals surface area contributed by atoms with Crippen LogP contribution in [0.2, 0.25) is 0 Å². The van der Waals surface area contributed by atoms with E-state index in [4.69, 9.17) is 19.7 Å². The summed E-state index contributed by atoms with van der Waals surface area (Å²) in [4.78, 5) is 41.8. The van der Waals surface area contributed by atoms with Gasteiger partial charge in [0.25, 0.3) is 0 Å². The number of carboxylic acid groups (broad SMARTS) is 2. The Morgan fingerprint density at radius 3 is 1.08 bits per heavy atom. The molecule has 2 rings (SSSR count). The Kier molecular flexibility index (Phi) is 7.50. The highest BCUT2D eigenvalue weighted by molar-refractivity contribution is 5.88. The molecular weight excluding hydrogens is 344 g/mol. The van der Waals surface area contributed by atoms with Crippen LogP contribution in [0.15, 0.2) is 48.5 Å². The van der Waals surface area contributed by atoms with Gasteiger partial charge in [-0.3, -0.25) is 9.59 Å². The molecule has 0 spiro atoms. The minimum Gasteiger partial charge on any atom is -0.478 e. The summed E-state index contributed by atoms with van der Waals surface area (Å²) in [5.41, 5.74) is 0.326. The highest BCUT2D eigenvalue weighted by atomic mass is 16.5. The van der Waals surface area contributed by atoms with Gasteiger partial charge in [0.05, 0.1) is 11.1 Å². The Balaban J connectivity index is 0.000000260. The molecule has 0 fully saturated rings. The standard InChI is InChI=1S/2C9H8O4/c2*1-6(10)13-8-4-2-7(3-5-8)9(11)12/h2*2-5H,1H3,(H,11,12). The van der Waals surface area contributed by atoms with E-state index in [1.807, 2.05) is 0 Å². The fourth-order valence-electron chi connectivity index (χ4n) is 1.66. The summed E-state index contributed by atoms with van der Waals surface area (Å²) in [7, 11) is 0. The Labute approximate surface area is 148 Å². The molecule has 26 heavy (non-hydrogen) atoms. The molecule has 136 valence electrons. The molecule has 0 saturated carbocycles. The highest BCUT2D eigenvalue weighted by Crippen LogP contribution is 2.12. The fraction of sp³-hybridized carbons (Fsp3) is 0.111. The summed E-state index contributed by atoms with van der Waals surface area (Å²) in [6, 6.07) is 11.2. The Bertz CT molecular complexity index is 721. The lowest BCUT2D eigenvalue weighted by atomic mass is 10.2. The summed E-state index contributed by atoms with van der Waals surface area (Å²) in [5, 5.41) is 17.1. The van der Waals surface area contributed by atoms with Crippen LogP contribution in [0.4, 0.5) is 0 Å². The second kappa shape index (κ2) is 9.58. The van der Waals surface area contributed by atoms with Crippen LogP contribution in [-0.2, 0) is 9.59 Å². The summed E-state index contributed by atoms with van der Waals surface area (Å²) >= 11 is 0. The lowest BCUT2D eigenvalue weighted by Crippen LogP contribution is -2.02. The van der Waals surface area contributed by atoms with Crippen molar-refractivity contribution in [3.8, 4) is 11.5 Å². The van der Waals surface area contributed by atoms with E-state index in [1.54, 1.807) is 0 Å². The molecule has 8 nitrogen and oxygen atoms in total. The summed E-state index contributed by atoms with van der Waals surface area (Å²) < 4.78 is 9.43. The lowest BCUT2D eigenvalue weighted by Gasteiger charge is -2.00. The van der Waals surface area contributed by atoms with Gasteiger partial charge in [0, 0.05) is 13.8 Å². The van der Waals surface area contributed by atoms with Crippen molar-refractivity contribution in [3.63, 3.8) is 0 Å². The van der Waals surface area contributed by atoms with Crippen molar-refractivity contribution in [2.45, 2.75) is 13.8 Å². The van der Waals surface area contributed by atoms with E-state index in [0.717, 1.165) is 0 Å². The predicted molar refractivity (Wildman–Crippen MR) is 89.4 cm³/mol. The molecule has 0 unspecified atom stereocenters. The predicted octanol–water partition coefficient (Wildman–Crippen LogP) is 2.62. The first-order valence-electron chi connectivity index (χ1n) is 7.22. The molecular formula is C18H16O8. The van der Waals surface area contributed by atoms with Crippen LogP contribution >= 0.6 is 0 Å². The van der Waals surface area contributed by atoms with E-state index < -0.39 is 23.9 Å². The summed E-state index contributed by atoms with van der Waals surface area (Å²) in [6.07, 6.45) is 0. The number of aromatic carboxylic acids is 2. The maximum Gasteiger partial charge on any atom is 0.335 e. The molecule has 8 heteroatoms. The number of hydrogen-bond donors (Lipinski definition) is 2. The van der Waals surface area contributed by atoms with Crippen LogP contribution in [0.3, 0.4) is 0 Å². The van der Waals surface area contributed by atoms with Gasteiger partial charge in [-0.25, -0.2) is 9.59 Å². The van der Waals surface area contributed by atoms with E-state index in [9.17, 15) is 19.2 Å². The maximum atomic E-state index is 10.5. The average molecular weight is 360 g/mol. The number of ether oxygens (including phenoxy) is 2. The van der Waals surface area contributed by atoms with Crippen molar-refractivity contribution >= 4 is 23.9 Å². The van der Waals surface area contributed by atoms with Gasteiger partial charge in [-0.2, -0.15) is 0 Å². The van der Waals surface area contributed by atoms with E-state index in [0.29, 0.717) is 11.5 Å². The monoisotopic (exact) mass is 360 g/mol. The third-order valence-corrected chi connectivity index (χ3v) is 2.73. The molecule has 0 atom stereocenters. The van der Waals surface area contributed by atoms with Gasteiger partial charge < -0.3 is 19.7 Å². The lowest BCUT2D eigenvalue weighted by molar-refractivity contribution is -0.132. The number of esters is 2. The molecule has 0 aliphatic rings. The van der Waals surface area contributed by atoms with Gasteiger partial charge in [0.2, 0.25) is 0 Å². The first-order chi connectivity index (χ1) is 12.2. The Morgan fingerprint density at radius 1 is 0.615 bits per heavy atom. The molecule has 0 radical (unpaired) electrons. The van der Waals surface area contributed by atoms with Crippen molar-refractivity contribution in [1.29, 1.82) is 0 Å². The highest BCUT2D eigenvalue weighted by Gasteiger charge is 2.03. The minimum atomic E-state index is -1.01. The molecule has 2 aromatic carbocycles. The maximum absolute atomic E-state index is 10.5. The molecule has 0 aliphatic heterocycles. The quantitative estimate of drug-likeness (QED) is 0.629. The van der Waals surface area contributed by atoms with Crippen LogP contribution in [0.1, 0.15) is 34.6 Å². The minimum absolute atomic E-state index is 0.163. The summed E-state index contributed by atoms with van der Waals surface area (Å²) in [6.45, 7) is 2.57. The number of carbonyl (C=O) groups excluding carboxylic acids is 2. The normalized spacial score (nSPS) is 9.31. The van der Waals surface area contributed by atoms with E-state index in [-0.39, 0.29) is 11.1 Å². The topological polar surface area (TPSA) is 127 Å². The van der Waals surface area contributed by atoms with Crippen molar-refractivity contribution in [2.24, 2.45) is 0 Å². The zero-order chi connectivity index (χ0) is 19.7. The second-order valence-electron chi connectivity index (χ2n) is 4.85. The third-order valence-electron chi connectivity index (χ3n) is 2.73. The number of rotatable bonds is 4. The summed E-state index contributed by atoms with van der Waals surface area (Å²) in [5.74, 6) is -2.18. The first-order valence-corrected chi connectivity index (χ1v) is 7.22. The molecule has 0 amide bonds. The number of carboxylic acids is 2. The van der Waals surface area contributed by atoms with Crippen LogP contribution in [-0.4, -0.2) is 34.1 Å². The van der Waals surface area contributed by atoms with E-state index >= 15 is 0 Å². The smallest absolute Gasteiger partial charge is 0.335 e. The average Bonchev–Trinajstić information content (AvgIpc) is 2.55. The van der Waals surface area contributed by atoms with Gasteiger partial charge in [-0.05, 0) is 48.5 Å². The molecule has 2 aromatic rings. The van der Waals surface area contributed by atoms with E-state index in [1.165, 1.54) is 62.4 Å². The van der Waals surface area contributed by atoms with Crippen LogP contribution in [0, 0.1) is 0 Å². The van der Waals surface area contributed by atoms with Crippen LogP contribution < -0.4 is 9.47 Å². The van der Waals surface area contributed by atoms with Gasteiger partial charge in [-0.15, -0.1) is 0 Å². The number of benzene rings is 2. The third kappa shape index (κ3) is 7.26. The SMILES string of the molecule is CC(=O)Oc1ccc(C(=O)O)cc1.CC(=O)Oc1ccc(C(=O)O)cc1. The van der Waals surface area contributed by atoms with Gasteiger partial charge in [0.15, 0.2) is 0 Å². The van der Waals surface area contributed by atoms with E-state index in [2.05, 4.69) is 0 Å². The molecule has 0 saturated heterocycles. The first kappa shape index (κ1) is 20.4. The van der Waals surface area contributed by atoms with Gasteiger partial charge in [0.1, 0.15) is 11.5 Å². The second-order valence-corrected chi connectivity index (χ2v) is 4.85. The van der Waals surface area contributed by atoms with Gasteiger partial charge >= 0.3 is 23.9 Å². The zero-order valence-electron chi connectivity index (χ0n) is 14.0. The zero-order valence-corrected chi connectivity index (χ0v) is 14.0. The number of carbonyl (C=O) groups is 4. The van der Waals surface area contributed by atoms with Crippen molar-refractivity contribution < 1.29 is 38.9 Å². The van der Waals surface area contributed by atoms with Crippen molar-refractivity contribution in [2.75, 3.05) is 0 Å². The van der Waals surface area contributed by atoms with Crippen LogP contribution in [0.5, 0.6) is 11.5 Å².